The van der Waals surface area contributed by atoms with Crippen LogP contribution in [-0.2, 0) is 12.5 Å². The summed E-state index contributed by atoms with van der Waals surface area (Å²) in [5.74, 6) is -3.89. The van der Waals surface area contributed by atoms with Gasteiger partial charge in [-0.3, -0.25) is 14.3 Å². The van der Waals surface area contributed by atoms with E-state index in [0.717, 1.165) is 4.57 Å². The van der Waals surface area contributed by atoms with E-state index in [2.05, 4.69) is 4.98 Å². The van der Waals surface area contributed by atoms with Gasteiger partial charge in [-0.1, -0.05) is 31.0 Å². The van der Waals surface area contributed by atoms with E-state index in [1.165, 1.54) is 12.1 Å². The van der Waals surface area contributed by atoms with E-state index in [-0.39, 0.29) is 17.7 Å². The highest BCUT2D eigenvalue weighted by atomic mass is 19.3. The molecule has 0 aliphatic heterocycles. The van der Waals surface area contributed by atoms with Crippen LogP contribution in [0.1, 0.15) is 54.6 Å². The van der Waals surface area contributed by atoms with Gasteiger partial charge in [0.25, 0.3) is 5.56 Å². The Labute approximate surface area is 139 Å². The van der Waals surface area contributed by atoms with E-state index in [9.17, 15) is 9.59 Å². The summed E-state index contributed by atoms with van der Waals surface area (Å²) < 4.78 is 31.7. The largest absolute Gasteiger partial charge is 0.328 e. The molecule has 130 valence electrons. The minimum absolute atomic E-state index is 0.0467. The second-order valence-electron chi connectivity index (χ2n) is 6.37. The Morgan fingerprint density at radius 3 is 2.12 bits per heavy atom. The lowest BCUT2D eigenvalue weighted by Crippen LogP contribution is -2.40. The first-order chi connectivity index (χ1) is 11.1. The molecule has 24 heavy (non-hydrogen) atoms. The lowest BCUT2D eigenvalue weighted by molar-refractivity contribution is 0.0308. The molecule has 0 unspecified atom stereocenters. The van der Waals surface area contributed by atoms with Crippen LogP contribution in [0.15, 0.2) is 27.8 Å². The number of halogens is 2. The summed E-state index contributed by atoms with van der Waals surface area (Å²) in [5, 5.41) is 0. The predicted molar refractivity (Wildman–Crippen MR) is 90.0 cm³/mol. The number of H-pyrrole nitrogens is 1. The number of aromatic amines is 1. The molecule has 0 aliphatic carbocycles. The van der Waals surface area contributed by atoms with Crippen LogP contribution in [0.2, 0.25) is 0 Å². The minimum atomic E-state index is -3.44. The molecule has 0 aliphatic rings. The number of hydrogen-bond donors (Lipinski definition) is 1. The van der Waals surface area contributed by atoms with E-state index in [4.69, 9.17) is 0 Å². The van der Waals surface area contributed by atoms with E-state index in [0.29, 0.717) is 11.1 Å². The van der Waals surface area contributed by atoms with E-state index >= 15 is 8.78 Å². The van der Waals surface area contributed by atoms with Gasteiger partial charge in [-0.15, -0.1) is 0 Å². The maximum Gasteiger partial charge on any atom is 0.328 e. The van der Waals surface area contributed by atoms with Crippen molar-refractivity contribution in [3.05, 3.63) is 67.0 Å². The molecule has 6 heteroatoms. The second-order valence-corrected chi connectivity index (χ2v) is 6.37. The van der Waals surface area contributed by atoms with E-state index < -0.39 is 28.8 Å². The number of aryl methyl sites for hydroxylation is 2. The van der Waals surface area contributed by atoms with Gasteiger partial charge in [0.05, 0.1) is 0 Å². The van der Waals surface area contributed by atoms with Crippen molar-refractivity contribution < 1.29 is 8.78 Å². The van der Waals surface area contributed by atoms with Gasteiger partial charge in [0.2, 0.25) is 0 Å². The zero-order valence-electron chi connectivity index (χ0n) is 14.5. The molecule has 1 heterocycles. The Morgan fingerprint density at radius 1 is 1.12 bits per heavy atom. The molecule has 0 atom stereocenters. The summed E-state index contributed by atoms with van der Waals surface area (Å²) in [6.45, 7) is 8.45. The number of nitrogens with zero attached hydrogens (tertiary/aromatic N) is 1. The van der Waals surface area contributed by atoms with Gasteiger partial charge in [0, 0.05) is 17.7 Å². The third-order valence-corrected chi connectivity index (χ3v) is 4.01. The van der Waals surface area contributed by atoms with Gasteiger partial charge < -0.3 is 0 Å². The van der Waals surface area contributed by atoms with Crippen LogP contribution >= 0.6 is 0 Å². The molecule has 0 fully saturated rings. The Morgan fingerprint density at radius 2 is 1.67 bits per heavy atom. The smallest absolute Gasteiger partial charge is 0.291 e. The normalized spacial score (nSPS) is 12.0. The van der Waals surface area contributed by atoms with Crippen molar-refractivity contribution in [3.63, 3.8) is 0 Å². The monoisotopic (exact) mass is 336 g/mol. The Bertz CT molecular complexity index is 859. The lowest BCUT2D eigenvalue weighted by Gasteiger charge is -2.25. The van der Waals surface area contributed by atoms with Crippen LogP contribution in [-0.4, -0.2) is 9.55 Å². The quantitative estimate of drug-likeness (QED) is 0.930. The number of rotatable bonds is 4. The topological polar surface area (TPSA) is 54.9 Å². The number of aromatic nitrogens is 2. The van der Waals surface area contributed by atoms with Crippen LogP contribution < -0.4 is 11.2 Å². The van der Waals surface area contributed by atoms with Crippen molar-refractivity contribution in [1.82, 2.24) is 9.55 Å². The fraction of sp³-hybridized carbons (Fsp3) is 0.444. The van der Waals surface area contributed by atoms with Gasteiger partial charge in [-0.2, -0.15) is 8.78 Å². The molecule has 1 aromatic carbocycles. The van der Waals surface area contributed by atoms with Crippen molar-refractivity contribution in [1.29, 1.82) is 0 Å². The third-order valence-electron chi connectivity index (χ3n) is 4.01. The molecule has 0 saturated carbocycles. The van der Waals surface area contributed by atoms with Crippen LogP contribution in [0.5, 0.6) is 0 Å². The number of alkyl halides is 2. The highest BCUT2D eigenvalue weighted by Crippen LogP contribution is 2.38. The van der Waals surface area contributed by atoms with Crippen molar-refractivity contribution in [2.45, 2.75) is 53.0 Å². The first-order valence-electron chi connectivity index (χ1n) is 7.93. The third kappa shape index (κ3) is 3.05. The number of hydrogen-bond acceptors (Lipinski definition) is 2. The highest BCUT2D eigenvalue weighted by Gasteiger charge is 2.41. The molecule has 0 spiro atoms. The summed E-state index contributed by atoms with van der Waals surface area (Å²) in [6.07, 6.45) is 0. The van der Waals surface area contributed by atoms with Gasteiger partial charge in [0.15, 0.2) is 0 Å². The zero-order chi connectivity index (χ0) is 18.2. The summed E-state index contributed by atoms with van der Waals surface area (Å²) in [7, 11) is 0. The molecule has 0 radical (unpaired) electrons. The van der Waals surface area contributed by atoms with Crippen LogP contribution in [0.25, 0.3) is 0 Å². The zero-order valence-corrected chi connectivity index (χ0v) is 14.5. The molecule has 0 saturated heterocycles. The molecule has 2 rings (SSSR count). The molecule has 0 amide bonds. The van der Waals surface area contributed by atoms with Crippen molar-refractivity contribution in [3.8, 4) is 0 Å². The SMILES string of the molecule is CCn1c(C(F)(F)c2cc(C)cc(C)c2)c(C(C)C)c(=O)[nH]c1=O. The van der Waals surface area contributed by atoms with Crippen molar-refractivity contribution >= 4 is 0 Å². The first-order valence-corrected chi connectivity index (χ1v) is 7.93. The summed E-state index contributed by atoms with van der Waals surface area (Å²) >= 11 is 0. The molecular formula is C18H22F2N2O2. The standard InChI is InChI=1S/C18H22F2N2O2/c1-6-22-15(14(10(2)3)16(23)21-17(22)24)18(19,20)13-8-11(4)7-12(5)9-13/h7-10H,6H2,1-5H3,(H,21,23,24). The van der Waals surface area contributed by atoms with Crippen LogP contribution in [0.4, 0.5) is 8.78 Å². The Balaban J connectivity index is 2.91. The van der Waals surface area contributed by atoms with Crippen molar-refractivity contribution in [2.24, 2.45) is 0 Å². The summed E-state index contributed by atoms with van der Waals surface area (Å²) in [6, 6.07) is 4.58. The van der Waals surface area contributed by atoms with Crippen LogP contribution in [0, 0.1) is 13.8 Å². The molecule has 4 nitrogen and oxygen atoms in total. The summed E-state index contributed by atoms with van der Waals surface area (Å²) in [5.41, 5.74) is -0.949. The lowest BCUT2D eigenvalue weighted by atomic mass is 9.93. The number of nitrogens with one attached hydrogen (secondary N) is 1. The maximum atomic E-state index is 15.4. The first kappa shape index (κ1) is 18.1. The molecule has 1 aromatic heterocycles. The van der Waals surface area contributed by atoms with Gasteiger partial charge >= 0.3 is 11.6 Å². The van der Waals surface area contributed by atoms with Gasteiger partial charge in [0.1, 0.15) is 5.69 Å². The minimum Gasteiger partial charge on any atom is -0.291 e. The van der Waals surface area contributed by atoms with E-state index in [1.807, 2.05) is 0 Å². The Kier molecular flexibility index (Phi) is 4.78. The fourth-order valence-electron chi connectivity index (χ4n) is 3.06. The van der Waals surface area contributed by atoms with E-state index in [1.54, 1.807) is 40.7 Å². The van der Waals surface area contributed by atoms with Gasteiger partial charge in [-0.05, 0) is 38.8 Å². The maximum absolute atomic E-state index is 15.4. The molecular weight excluding hydrogens is 314 g/mol. The second kappa shape index (κ2) is 6.34. The van der Waals surface area contributed by atoms with Crippen molar-refractivity contribution in [2.75, 3.05) is 0 Å². The Hall–Kier alpha value is -2.24. The highest BCUT2D eigenvalue weighted by molar-refractivity contribution is 5.39. The fourth-order valence-corrected chi connectivity index (χ4v) is 3.06. The molecule has 1 N–H and O–H groups in total. The predicted octanol–water partition coefficient (Wildman–Crippen LogP) is 3.44. The van der Waals surface area contributed by atoms with Crippen LogP contribution in [0.3, 0.4) is 0 Å². The summed E-state index contributed by atoms with van der Waals surface area (Å²) in [4.78, 5) is 26.4. The number of benzene rings is 1. The van der Waals surface area contributed by atoms with Gasteiger partial charge in [-0.25, -0.2) is 4.79 Å². The average Bonchev–Trinajstić information content (AvgIpc) is 2.44. The average molecular weight is 336 g/mol. The molecule has 0 bridgehead atoms. The molecule has 2 aromatic rings.